The molecule has 0 radical (unpaired) electrons. The zero-order chi connectivity index (χ0) is 21.8. The lowest BCUT2D eigenvalue weighted by Gasteiger charge is -2.25. The average molecular weight is 428 g/mol. The van der Waals surface area contributed by atoms with Crippen LogP contribution in [0.15, 0.2) is 55.4 Å². The van der Waals surface area contributed by atoms with Crippen LogP contribution in [-0.4, -0.2) is 36.0 Å². The lowest BCUT2D eigenvalue weighted by molar-refractivity contribution is 0.355. The third-order valence-electron chi connectivity index (χ3n) is 6.22. The number of imidazole rings is 2. The Labute approximate surface area is 188 Å². The molecule has 0 atom stereocenters. The highest BCUT2D eigenvalue weighted by Crippen LogP contribution is 2.37. The fourth-order valence-corrected chi connectivity index (χ4v) is 4.48. The smallest absolute Gasteiger partial charge is 0.223 e. The highest BCUT2D eigenvalue weighted by molar-refractivity contribution is 5.77. The van der Waals surface area contributed by atoms with Crippen molar-refractivity contribution < 1.29 is 0 Å². The van der Waals surface area contributed by atoms with Gasteiger partial charge in [-0.3, -0.25) is 0 Å². The minimum Gasteiger partial charge on any atom is -0.354 e. The zero-order valence-electron chi connectivity index (χ0n) is 18.5. The second kappa shape index (κ2) is 9.34. The Kier molecular flexibility index (Phi) is 5.96. The molecular weight excluding hydrogens is 398 g/mol. The van der Waals surface area contributed by atoms with Crippen LogP contribution < -0.4 is 5.32 Å². The molecule has 7 heteroatoms. The van der Waals surface area contributed by atoms with Crippen LogP contribution in [0, 0.1) is 6.92 Å². The van der Waals surface area contributed by atoms with Gasteiger partial charge >= 0.3 is 0 Å². The van der Waals surface area contributed by atoms with E-state index in [0.29, 0.717) is 12.0 Å². The molecule has 1 aromatic carbocycles. The number of hydrogen-bond donors (Lipinski definition) is 2. The van der Waals surface area contributed by atoms with E-state index in [4.69, 9.17) is 9.97 Å². The molecule has 1 aliphatic rings. The highest BCUT2D eigenvalue weighted by atomic mass is 15.1. The number of hydrogen-bond acceptors (Lipinski definition) is 5. The summed E-state index contributed by atoms with van der Waals surface area (Å²) in [6.45, 7) is 2.84. The fraction of sp³-hybridized carbons (Fsp3) is 0.360. The van der Waals surface area contributed by atoms with Crippen molar-refractivity contribution in [3.63, 3.8) is 0 Å². The van der Waals surface area contributed by atoms with Gasteiger partial charge in [0.15, 0.2) is 0 Å². The largest absolute Gasteiger partial charge is 0.354 e. The number of benzene rings is 1. The Morgan fingerprint density at radius 1 is 1.06 bits per heavy atom. The topological polar surface area (TPSA) is 84.3 Å². The quantitative estimate of drug-likeness (QED) is 0.424. The summed E-state index contributed by atoms with van der Waals surface area (Å²) >= 11 is 0. The van der Waals surface area contributed by atoms with Gasteiger partial charge in [0.1, 0.15) is 0 Å². The molecule has 164 valence electrons. The van der Waals surface area contributed by atoms with Crippen LogP contribution in [-0.2, 0) is 6.42 Å². The predicted octanol–water partition coefficient (Wildman–Crippen LogP) is 5.20. The van der Waals surface area contributed by atoms with Crippen LogP contribution in [0.1, 0.15) is 49.4 Å². The molecule has 0 unspecified atom stereocenters. The molecule has 0 bridgehead atoms. The Morgan fingerprint density at radius 2 is 1.91 bits per heavy atom. The zero-order valence-corrected chi connectivity index (χ0v) is 18.5. The molecule has 0 spiro atoms. The van der Waals surface area contributed by atoms with Gasteiger partial charge in [-0.15, -0.1) is 0 Å². The molecule has 3 heterocycles. The van der Waals surface area contributed by atoms with Crippen LogP contribution in [0.2, 0.25) is 0 Å². The van der Waals surface area contributed by atoms with Crippen molar-refractivity contribution >= 4 is 5.95 Å². The minimum atomic E-state index is 0.470. The molecule has 32 heavy (non-hydrogen) atoms. The second-order valence-corrected chi connectivity index (χ2v) is 8.53. The first-order valence-electron chi connectivity index (χ1n) is 11.5. The van der Waals surface area contributed by atoms with Crippen molar-refractivity contribution in [1.29, 1.82) is 0 Å². The summed E-state index contributed by atoms with van der Waals surface area (Å²) < 4.78 is 2.35. The minimum absolute atomic E-state index is 0.470. The second-order valence-electron chi connectivity index (χ2n) is 8.53. The van der Waals surface area contributed by atoms with Gasteiger partial charge in [0.25, 0.3) is 0 Å². The number of aryl methyl sites for hydroxylation is 1. The number of anilines is 1. The van der Waals surface area contributed by atoms with Crippen molar-refractivity contribution in [2.75, 3.05) is 11.9 Å². The maximum Gasteiger partial charge on any atom is 0.223 e. The first-order chi connectivity index (χ1) is 15.8. The van der Waals surface area contributed by atoms with E-state index in [-0.39, 0.29) is 0 Å². The third-order valence-corrected chi connectivity index (χ3v) is 6.22. The molecule has 0 saturated heterocycles. The monoisotopic (exact) mass is 427 g/mol. The molecule has 5 rings (SSSR count). The van der Waals surface area contributed by atoms with Gasteiger partial charge in [-0.05, 0) is 25.8 Å². The molecule has 2 N–H and O–H groups in total. The average Bonchev–Trinajstić information content (AvgIpc) is 3.51. The van der Waals surface area contributed by atoms with Crippen LogP contribution in [0.25, 0.3) is 22.6 Å². The van der Waals surface area contributed by atoms with Gasteiger partial charge in [0, 0.05) is 42.7 Å². The van der Waals surface area contributed by atoms with Crippen LogP contribution in [0.4, 0.5) is 5.95 Å². The SMILES string of the molecule is Cc1ccc(-c2ncn(C3CCCCC3)c2-c2ccnc(NCCc3cnc[nH]3)n2)cc1. The standard InChI is InChI=1S/C25H29N7/c1-18-7-9-19(10-8-18)23-24(32(17-30-23)21-5-3-2-4-6-21)22-12-14-28-25(31-22)27-13-11-20-15-26-16-29-20/h7-10,12,14-17,21H,2-6,11,13H2,1H3,(H,26,29)(H,27,28,31). The maximum atomic E-state index is 4.88. The molecule has 1 fully saturated rings. The van der Waals surface area contributed by atoms with Crippen molar-refractivity contribution in [3.05, 3.63) is 66.6 Å². The van der Waals surface area contributed by atoms with E-state index >= 15 is 0 Å². The van der Waals surface area contributed by atoms with Crippen LogP contribution >= 0.6 is 0 Å². The van der Waals surface area contributed by atoms with Gasteiger partial charge in [-0.25, -0.2) is 19.9 Å². The van der Waals surface area contributed by atoms with E-state index in [1.807, 2.05) is 24.8 Å². The predicted molar refractivity (Wildman–Crippen MR) is 126 cm³/mol. The molecule has 0 aliphatic heterocycles. The number of aromatic amines is 1. The summed E-state index contributed by atoms with van der Waals surface area (Å²) in [6, 6.07) is 11.0. The van der Waals surface area contributed by atoms with Gasteiger partial charge in [0.05, 0.1) is 29.7 Å². The Hall–Kier alpha value is -3.48. The summed E-state index contributed by atoms with van der Waals surface area (Å²) in [5.74, 6) is 0.633. The van der Waals surface area contributed by atoms with Crippen molar-refractivity contribution in [2.24, 2.45) is 0 Å². The van der Waals surface area contributed by atoms with Gasteiger partial charge in [-0.2, -0.15) is 0 Å². The van der Waals surface area contributed by atoms with Crippen LogP contribution in [0.3, 0.4) is 0 Å². The summed E-state index contributed by atoms with van der Waals surface area (Å²) in [5.41, 5.74) is 6.42. The summed E-state index contributed by atoms with van der Waals surface area (Å²) in [4.78, 5) is 21.4. The van der Waals surface area contributed by atoms with E-state index in [2.05, 4.69) is 56.0 Å². The lowest BCUT2D eigenvalue weighted by Crippen LogP contribution is -2.14. The van der Waals surface area contributed by atoms with Crippen molar-refractivity contribution in [2.45, 2.75) is 51.5 Å². The Balaban J connectivity index is 1.47. The normalized spacial score (nSPS) is 14.5. The van der Waals surface area contributed by atoms with Gasteiger partial charge in [-0.1, -0.05) is 49.1 Å². The summed E-state index contributed by atoms with van der Waals surface area (Å²) in [5, 5.41) is 3.35. The van der Waals surface area contributed by atoms with Crippen molar-refractivity contribution in [3.8, 4) is 22.6 Å². The molecule has 3 aromatic heterocycles. The van der Waals surface area contributed by atoms with E-state index in [9.17, 15) is 0 Å². The van der Waals surface area contributed by atoms with E-state index in [0.717, 1.165) is 41.3 Å². The first kappa shape index (κ1) is 20.4. The van der Waals surface area contributed by atoms with E-state index in [1.54, 1.807) is 6.33 Å². The Bertz CT molecular complexity index is 1140. The van der Waals surface area contributed by atoms with Gasteiger partial charge in [0.2, 0.25) is 5.95 Å². The molecule has 0 amide bonds. The molecule has 4 aromatic rings. The van der Waals surface area contributed by atoms with Gasteiger partial charge < -0.3 is 14.9 Å². The Morgan fingerprint density at radius 3 is 2.69 bits per heavy atom. The van der Waals surface area contributed by atoms with E-state index in [1.165, 1.54) is 37.7 Å². The molecule has 1 aliphatic carbocycles. The fourth-order valence-electron chi connectivity index (χ4n) is 4.48. The number of aromatic nitrogens is 6. The molecule has 7 nitrogen and oxygen atoms in total. The van der Waals surface area contributed by atoms with E-state index < -0.39 is 0 Å². The number of nitrogens with zero attached hydrogens (tertiary/aromatic N) is 5. The third kappa shape index (κ3) is 4.42. The first-order valence-corrected chi connectivity index (χ1v) is 11.5. The molecule has 1 saturated carbocycles. The summed E-state index contributed by atoms with van der Waals surface area (Å²) in [6.07, 6.45) is 14.5. The number of rotatable bonds is 7. The maximum absolute atomic E-state index is 4.88. The van der Waals surface area contributed by atoms with Crippen molar-refractivity contribution in [1.82, 2.24) is 29.5 Å². The number of H-pyrrole nitrogens is 1. The summed E-state index contributed by atoms with van der Waals surface area (Å²) in [7, 11) is 0. The van der Waals surface area contributed by atoms with Crippen LogP contribution in [0.5, 0.6) is 0 Å². The number of nitrogens with one attached hydrogen (secondary N) is 2. The lowest BCUT2D eigenvalue weighted by atomic mass is 9.95. The highest BCUT2D eigenvalue weighted by Gasteiger charge is 2.23. The molecular formula is C25H29N7.